The van der Waals surface area contributed by atoms with Gasteiger partial charge in [-0.1, -0.05) is 90.4 Å². The molecule has 1 heterocycles. The molecule has 4 rings (SSSR count). The molecule has 1 aliphatic heterocycles. The Bertz CT molecular complexity index is 564. The first-order valence-corrected chi connectivity index (χ1v) is 10.3. The smallest absolute Gasteiger partial charge is 0.464 e. The van der Waals surface area contributed by atoms with Crippen molar-refractivity contribution in [2.75, 3.05) is 0 Å². The molecule has 0 saturated heterocycles. The third-order valence-electron chi connectivity index (χ3n) is 7.78. The van der Waals surface area contributed by atoms with Crippen LogP contribution in [0.2, 0.25) is 0 Å². The summed E-state index contributed by atoms with van der Waals surface area (Å²) in [5.41, 5.74) is 2.30. The van der Waals surface area contributed by atoms with E-state index >= 15 is 0 Å². The van der Waals surface area contributed by atoms with Crippen LogP contribution >= 0.6 is 0 Å². The van der Waals surface area contributed by atoms with Crippen molar-refractivity contribution in [3.63, 3.8) is 0 Å². The van der Waals surface area contributed by atoms with Gasteiger partial charge in [0.05, 0.1) is 0 Å². The zero-order valence-corrected chi connectivity index (χ0v) is 21.8. The maximum absolute atomic E-state index is 10.1. The Labute approximate surface area is 197 Å². The van der Waals surface area contributed by atoms with Gasteiger partial charge in [-0.15, -0.1) is 0 Å². The first kappa shape index (κ1) is 30.6. The minimum absolute atomic E-state index is 0. The largest absolute Gasteiger partial charge is 4.00 e. The molecule has 2 saturated carbocycles. The third-order valence-corrected chi connectivity index (χ3v) is 7.78. The average molecular weight is 433 g/mol. The SMILES string of the molecule is CC1C(C)C(C)C(C)C1C.[CH3-].[CH3-].[CH3-].[N-]=C1c2ccccc2CN1C1CCCC1.[Ti+4]. The van der Waals surface area contributed by atoms with E-state index in [9.17, 15) is 5.41 Å². The number of nitrogens with zero attached hydrogens (tertiary/aromatic N) is 2. The number of hydrogen-bond donors (Lipinski definition) is 0. The normalized spacial score (nSPS) is 30.0. The summed E-state index contributed by atoms with van der Waals surface area (Å²) in [5.74, 6) is 5.17. The van der Waals surface area contributed by atoms with Crippen LogP contribution in [-0.4, -0.2) is 16.8 Å². The first-order chi connectivity index (χ1) is 11.9. The summed E-state index contributed by atoms with van der Waals surface area (Å²) >= 11 is 0. The molecule has 1 aromatic rings. The fourth-order valence-electron chi connectivity index (χ4n) is 5.20. The van der Waals surface area contributed by atoms with E-state index in [0.29, 0.717) is 11.9 Å². The number of rotatable bonds is 1. The Hall–Kier alpha value is -0.596. The standard InChI is InChI=1S/C13H15N2.C10H20.3CH3.Ti/c14-13-12-8-4-1-5-10(12)9-15(13)11-6-2-3-7-11;1-6-7(2)9(4)10(5)8(6)3;;;;/h1,4-5,8,11H,2-3,6-7,9H2;6-10H,1-5H3;3*1H3;/q-1;;3*-1;+4. The van der Waals surface area contributed by atoms with Crippen LogP contribution in [0, 0.1) is 51.9 Å². The van der Waals surface area contributed by atoms with E-state index in [4.69, 9.17) is 0 Å². The molecule has 2 nitrogen and oxygen atoms in total. The maximum atomic E-state index is 10.1. The quantitative estimate of drug-likeness (QED) is 0.338. The molecule has 29 heavy (non-hydrogen) atoms. The summed E-state index contributed by atoms with van der Waals surface area (Å²) in [5, 5.41) is 10.1. The van der Waals surface area contributed by atoms with E-state index in [1.54, 1.807) is 0 Å². The van der Waals surface area contributed by atoms with E-state index in [0.717, 1.165) is 41.7 Å². The van der Waals surface area contributed by atoms with Crippen molar-refractivity contribution in [3.05, 3.63) is 63.1 Å². The molecule has 0 unspecified atom stereocenters. The van der Waals surface area contributed by atoms with E-state index < -0.39 is 0 Å². The van der Waals surface area contributed by atoms with Crippen molar-refractivity contribution in [2.45, 2.75) is 72.9 Å². The number of benzene rings is 1. The molecule has 2 aliphatic carbocycles. The second-order valence-electron chi connectivity index (χ2n) is 8.84. The zero-order valence-electron chi connectivity index (χ0n) is 20.2. The third kappa shape index (κ3) is 6.20. The van der Waals surface area contributed by atoms with Crippen LogP contribution in [0.25, 0.3) is 5.41 Å². The Morgan fingerprint density at radius 2 is 1.17 bits per heavy atom. The number of fused-ring (bicyclic) bond motifs is 1. The fraction of sp³-hybridized carbons (Fsp3) is 0.615. The molecule has 0 radical (unpaired) electrons. The summed E-state index contributed by atoms with van der Waals surface area (Å²) in [4.78, 5) is 2.18. The van der Waals surface area contributed by atoms with Crippen LogP contribution < -0.4 is 0 Å². The van der Waals surface area contributed by atoms with Gasteiger partial charge in [-0.3, -0.25) is 0 Å². The Kier molecular flexibility index (Phi) is 13.7. The molecule has 3 aliphatic rings. The molecule has 0 amide bonds. The monoisotopic (exact) mass is 432 g/mol. The van der Waals surface area contributed by atoms with Gasteiger partial charge in [0, 0.05) is 0 Å². The Balaban J connectivity index is 0. The molecular formula is C26H44N2Ti. The second kappa shape index (κ2) is 13.0. The molecule has 0 N–H and O–H groups in total. The van der Waals surface area contributed by atoms with Crippen LogP contribution in [0.3, 0.4) is 0 Å². The molecule has 0 atom stereocenters. The van der Waals surface area contributed by atoms with Crippen molar-refractivity contribution < 1.29 is 21.7 Å². The maximum Gasteiger partial charge on any atom is 4.00 e. The van der Waals surface area contributed by atoms with Gasteiger partial charge >= 0.3 is 21.7 Å². The van der Waals surface area contributed by atoms with Crippen molar-refractivity contribution in [1.29, 1.82) is 0 Å². The van der Waals surface area contributed by atoms with Gasteiger partial charge in [0.1, 0.15) is 0 Å². The Morgan fingerprint density at radius 3 is 1.59 bits per heavy atom. The van der Waals surface area contributed by atoms with Crippen LogP contribution in [0.15, 0.2) is 24.3 Å². The molecule has 0 bridgehead atoms. The van der Waals surface area contributed by atoms with Gasteiger partial charge in [0.25, 0.3) is 0 Å². The summed E-state index contributed by atoms with van der Waals surface area (Å²) in [6, 6.07) is 8.73. The second-order valence-corrected chi connectivity index (χ2v) is 8.84. The molecular weight excluding hydrogens is 388 g/mol. The molecule has 0 spiro atoms. The predicted molar refractivity (Wildman–Crippen MR) is 127 cm³/mol. The van der Waals surface area contributed by atoms with Crippen LogP contribution in [-0.2, 0) is 28.3 Å². The van der Waals surface area contributed by atoms with Crippen molar-refractivity contribution in [3.8, 4) is 0 Å². The fourth-order valence-corrected chi connectivity index (χ4v) is 5.20. The van der Waals surface area contributed by atoms with Gasteiger partial charge < -0.3 is 32.6 Å². The summed E-state index contributed by atoms with van der Waals surface area (Å²) in [6.07, 6.45) is 5.09. The number of hydrogen-bond acceptors (Lipinski definition) is 0. The van der Waals surface area contributed by atoms with E-state index in [1.165, 1.54) is 31.2 Å². The molecule has 3 heteroatoms. The van der Waals surface area contributed by atoms with Gasteiger partial charge in [0.2, 0.25) is 0 Å². The average Bonchev–Trinajstić information content (AvgIpc) is 3.30. The van der Waals surface area contributed by atoms with Crippen molar-refractivity contribution in [2.24, 2.45) is 29.6 Å². The zero-order chi connectivity index (χ0) is 18.1. The van der Waals surface area contributed by atoms with Crippen LogP contribution in [0.1, 0.15) is 71.4 Å². The summed E-state index contributed by atoms with van der Waals surface area (Å²) in [6.45, 7) is 12.9. The first-order valence-electron chi connectivity index (χ1n) is 10.3. The van der Waals surface area contributed by atoms with Gasteiger partial charge in [-0.2, -0.15) is 0 Å². The van der Waals surface area contributed by atoms with Gasteiger partial charge in [0.15, 0.2) is 0 Å². The molecule has 1 aromatic carbocycles. The van der Waals surface area contributed by atoms with Crippen LogP contribution in [0.4, 0.5) is 0 Å². The topological polar surface area (TPSA) is 25.5 Å². The van der Waals surface area contributed by atoms with E-state index in [1.807, 2.05) is 18.2 Å². The minimum atomic E-state index is 0. The molecule has 2 fully saturated rings. The summed E-state index contributed by atoms with van der Waals surface area (Å²) in [7, 11) is 0. The number of amidine groups is 1. The van der Waals surface area contributed by atoms with E-state index in [2.05, 4.69) is 45.6 Å². The Morgan fingerprint density at radius 1 is 0.759 bits per heavy atom. The van der Waals surface area contributed by atoms with Gasteiger partial charge in [-0.25, -0.2) is 0 Å². The van der Waals surface area contributed by atoms with Crippen LogP contribution in [0.5, 0.6) is 0 Å². The van der Waals surface area contributed by atoms with Crippen molar-refractivity contribution in [1.82, 2.24) is 4.90 Å². The predicted octanol–water partition coefficient (Wildman–Crippen LogP) is 7.29. The molecule has 162 valence electrons. The van der Waals surface area contributed by atoms with Gasteiger partial charge in [-0.05, 0) is 53.3 Å². The van der Waals surface area contributed by atoms with Crippen molar-refractivity contribution >= 4 is 5.84 Å². The summed E-state index contributed by atoms with van der Waals surface area (Å²) < 4.78 is 0. The molecule has 0 aromatic heterocycles. The minimum Gasteiger partial charge on any atom is -0.464 e. The van der Waals surface area contributed by atoms with E-state index in [-0.39, 0.29) is 44.0 Å².